The predicted octanol–water partition coefficient (Wildman–Crippen LogP) is 1.54. The molecule has 1 unspecified atom stereocenters. The van der Waals surface area contributed by atoms with E-state index in [-0.39, 0.29) is 0 Å². The van der Waals surface area contributed by atoms with Crippen LogP contribution >= 0.6 is 0 Å². The van der Waals surface area contributed by atoms with Crippen molar-refractivity contribution < 1.29 is 0 Å². The zero-order valence-corrected chi connectivity index (χ0v) is 11.6. The van der Waals surface area contributed by atoms with Crippen molar-refractivity contribution >= 4 is 0 Å². The van der Waals surface area contributed by atoms with Crippen LogP contribution in [0.15, 0.2) is 0 Å². The van der Waals surface area contributed by atoms with Gasteiger partial charge < -0.3 is 10.2 Å². The number of likely N-dealkylation sites (tertiary alicyclic amines) is 2. The molecule has 0 aromatic carbocycles. The Morgan fingerprint density at radius 3 is 2.59 bits per heavy atom. The summed E-state index contributed by atoms with van der Waals surface area (Å²) >= 11 is 0. The third-order valence-electron chi connectivity index (χ3n) is 4.14. The molecule has 0 bridgehead atoms. The molecule has 1 atom stereocenters. The summed E-state index contributed by atoms with van der Waals surface area (Å²) in [6.45, 7) is 12.1. The van der Waals surface area contributed by atoms with Crippen molar-refractivity contribution in [3.8, 4) is 0 Å². The Labute approximate surface area is 107 Å². The highest BCUT2D eigenvalue weighted by atomic mass is 15.3. The second-order valence-corrected chi connectivity index (χ2v) is 5.95. The molecule has 0 amide bonds. The van der Waals surface area contributed by atoms with Gasteiger partial charge in [0, 0.05) is 31.7 Å². The van der Waals surface area contributed by atoms with Crippen molar-refractivity contribution in [3.05, 3.63) is 0 Å². The van der Waals surface area contributed by atoms with Crippen LogP contribution in [-0.4, -0.2) is 61.2 Å². The smallest absolute Gasteiger partial charge is 0.0235 e. The number of nitrogens with one attached hydrogen (secondary N) is 1. The number of hydrogen-bond donors (Lipinski definition) is 1. The first-order valence-electron chi connectivity index (χ1n) is 7.45. The number of rotatable bonds is 5. The molecule has 17 heavy (non-hydrogen) atoms. The highest BCUT2D eigenvalue weighted by molar-refractivity contribution is 4.84. The van der Waals surface area contributed by atoms with Crippen LogP contribution in [-0.2, 0) is 0 Å². The molecule has 2 aliphatic rings. The highest BCUT2D eigenvalue weighted by Gasteiger charge is 2.27. The molecule has 0 saturated carbocycles. The van der Waals surface area contributed by atoms with E-state index in [9.17, 15) is 0 Å². The number of piperidine rings is 1. The Morgan fingerprint density at radius 1 is 1.12 bits per heavy atom. The van der Waals surface area contributed by atoms with Gasteiger partial charge in [0.1, 0.15) is 0 Å². The molecule has 0 aromatic rings. The van der Waals surface area contributed by atoms with E-state index in [1.165, 1.54) is 58.4 Å². The van der Waals surface area contributed by atoms with Gasteiger partial charge in [-0.2, -0.15) is 0 Å². The second-order valence-electron chi connectivity index (χ2n) is 5.95. The first-order chi connectivity index (χ1) is 8.25. The van der Waals surface area contributed by atoms with Gasteiger partial charge in [-0.1, -0.05) is 20.3 Å². The molecular weight excluding hydrogens is 210 g/mol. The lowest BCUT2D eigenvalue weighted by atomic mass is 10.1. The number of nitrogens with zero attached hydrogens (tertiary/aromatic N) is 2. The first-order valence-corrected chi connectivity index (χ1v) is 7.45. The van der Waals surface area contributed by atoms with Gasteiger partial charge in [0.25, 0.3) is 0 Å². The van der Waals surface area contributed by atoms with Crippen molar-refractivity contribution in [1.29, 1.82) is 0 Å². The molecule has 0 aliphatic carbocycles. The Morgan fingerprint density at radius 2 is 1.88 bits per heavy atom. The molecule has 0 radical (unpaired) electrons. The lowest BCUT2D eigenvalue weighted by molar-refractivity contribution is 0.162. The van der Waals surface area contributed by atoms with Gasteiger partial charge in [0.2, 0.25) is 0 Å². The van der Waals surface area contributed by atoms with E-state index in [4.69, 9.17) is 0 Å². The topological polar surface area (TPSA) is 18.5 Å². The Kier molecular flexibility index (Phi) is 5.26. The molecule has 1 N–H and O–H groups in total. The molecule has 3 heteroatoms. The summed E-state index contributed by atoms with van der Waals surface area (Å²) in [5.41, 5.74) is 0. The predicted molar refractivity (Wildman–Crippen MR) is 73.4 cm³/mol. The van der Waals surface area contributed by atoms with E-state index in [1.54, 1.807) is 0 Å². The van der Waals surface area contributed by atoms with Gasteiger partial charge in [0.15, 0.2) is 0 Å². The van der Waals surface area contributed by atoms with Crippen molar-refractivity contribution in [3.63, 3.8) is 0 Å². The van der Waals surface area contributed by atoms with Crippen LogP contribution in [0.2, 0.25) is 0 Å². The van der Waals surface area contributed by atoms with Gasteiger partial charge in [-0.3, -0.25) is 4.90 Å². The van der Waals surface area contributed by atoms with Gasteiger partial charge >= 0.3 is 0 Å². The normalized spacial score (nSPS) is 28.1. The van der Waals surface area contributed by atoms with E-state index < -0.39 is 0 Å². The summed E-state index contributed by atoms with van der Waals surface area (Å²) < 4.78 is 0. The fraction of sp³-hybridized carbons (Fsp3) is 1.00. The van der Waals surface area contributed by atoms with Crippen LogP contribution in [0.25, 0.3) is 0 Å². The summed E-state index contributed by atoms with van der Waals surface area (Å²) in [5.74, 6) is 0. The molecule has 2 fully saturated rings. The van der Waals surface area contributed by atoms with Crippen LogP contribution in [0.4, 0.5) is 0 Å². The van der Waals surface area contributed by atoms with Gasteiger partial charge in [0.05, 0.1) is 0 Å². The molecule has 2 rings (SSSR count). The van der Waals surface area contributed by atoms with Gasteiger partial charge in [-0.25, -0.2) is 0 Å². The largest absolute Gasteiger partial charge is 0.313 e. The van der Waals surface area contributed by atoms with Crippen LogP contribution < -0.4 is 5.32 Å². The van der Waals surface area contributed by atoms with Gasteiger partial charge in [-0.05, 0) is 38.9 Å². The van der Waals surface area contributed by atoms with E-state index >= 15 is 0 Å². The fourth-order valence-electron chi connectivity index (χ4n) is 3.11. The van der Waals surface area contributed by atoms with Crippen molar-refractivity contribution in [2.75, 3.05) is 39.3 Å². The van der Waals surface area contributed by atoms with Crippen molar-refractivity contribution in [2.24, 2.45) is 0 Å². The van der Waals surface area contributed by atoms with Crippen LogP contribution in [0, 0.1) is 0 Å². The van der Waals surface area contributed by atoms with Gasteiger partial charge in [-0.15, -0.1) is 0 Å². The SMILES string of the molecule is CC(C)NCCN1CCC(N2CCCCC2)C1. The summed E-state index contributed by atoms with van der Waals surface area (Å²) in [6.07, 6.45) is 5.68. The lowest BCUT2D eigenvalue weighted by Gasteiger charge is -2.32. The standard InChI is InChI=1S/C14H29N3/c1-13(2)15-7-11-16-10-6-14(12-16)17-8-4-3-5-9-17/h13-15H,3-12H2,1-2H3. The Bertz CT molecular complexity index is 212. The van der Waals surface area contributed by atoms with Crippen molar-refractivity contribution in [2.45, 2.75) is 51.6 Å². The molecule has 0 spiro atoms. The average molecular weight is 239 g/mol. The minimum absolute atomic E-state index is 0.621. The summed E-state index contributed by atoms with van der Waals surface area (Å²) in [4.78, 5) is 5.37. The maximum atomic E-state index is 3.51. The quantitative estimate of drug-likeness (QED) is 0.785. The highest BCUT2D eigenvalue weighted by Crippen LogP contribution is 2.19. The maximum absolute atomic E-state index is 3.51. The molecule has 3 nitrogen and oxygen atoms in total. The third-order valence-corrected chi connectivity index (χ3v) is 4.14. The zero-order valence-electron chi connectivity index (χ0n) is 11.6. The minimum atomic E-state index is 0.621. The van der Waals surface area contributed by atoms with E-state index in [1.807, 2.05) is 0 Å². The monoisotopic (exact) mass is 239 g/mol. The molecule has 2 heterocycles. The Balaban J connectivity index is 1.64. The molecule has 2 aliphatic heterocycles. The minimum Gasteiger partial charge on any atom is -0.313 e. The van der Waals surface area contributed by atoms with E-state index in [0.29, 0.717) is 6.04 Å². The van der Waals surface area contributed by atoms with E-state index in [0.717, 1.165) is 12.6 Å². The second kappa shape index (κ2) is 6.72. The zero-order chi connectivity index (χ0) is 12.1. The first kappa shape index (κ1) is 13.3. The summed E-state index contributed by atoms with van der Waals surface area (Å²) in [6, 6.07) is 1.48. The summed E-state index contributed by atoms with van der Waals surface area (Å²) in [7, 11) is 0. The van der Waals surface area contributed by atoms with Crippen molar-refractivity contribution in [1.82, 2.24) is 15.1 Å². The molecule has 2 saturated heterocycles. The lowest BCUT2D eigenvalue weighted by Crippen LogP contribution is -2.41. The number of hydrogen-bond acceptors (Lipinski definition) is 3. The fourth-order valence-corrected chi connectivity index (χ4v) is 3.11. The maximum Gasteiger partial charge on any atom is 0.0235 e. The van der Waals surface area contributed by atoms with Crippen LogP contribution in [0.3, 0.4) is 0 Å². The van der Waals surface area contributed by atoms with Crippen LogP contribution in [0.5, 0.6) is 0 Å². The molecule has 0 aromatic heterocycles. The summed E-state index contributed by atoms with van der Waals surface area (Å²) in [5, 5.41) is 3.51. The Hall–Kier alpha value is -0.120. The average Bonchev–Trinajstić information content (AvgIpc) is 2.78. The van der Waals surface area contributed by atoms with E-state index in [2.05, 4.69) is 29.0 Å². The molecule has 100 valence electrons. The molecular formula is C14H29N3. The third kappa shape index (κ3) is 4.23. The van der Waals surface area contributed by atoms with Crippen LogP contribution in [0.1, 0.15) is 39.5 Å².